The average molecular weight is 244 g/mol. The van der Waals surface area contributed by atoms with Crippen LogP contribution in [0.2, 0.25) is 0 Å². The molecule has 1 aromatic carbocycles. The lowest BCUT2D eigenvalue weighted by molar-refractivity contribution is -0.137. The quantitative estimate of drug-likeness (QED) is 0.878. The van der Waals surface area contributed by atoms with Crippen molar-refractivity contribution in [3.63, 3.8) is 0 Å². The van der Waals surface area contributed by atoms with Crippen molar-refractivity contribution in [1.29, 1.82) is 0 Å². The van der Waals surface area contributed by atoms with Crippen molar-refractivity contribution in [3.8, 4) is 0 Å². The lowest BCUT2D eigenvalue weighted by Gasteiger charge is -2.07. The number of alkyl halides is 3. The second kappa shape index (κ2) is 4.08. The maximum atomic E-state index is 12.4. The monoisotopic (exact) mass is 244 g/mol. The molecule has 2 rings (SSSR count). The summed E-state index contributed by atoms with van der Waals surface area (Å²) in [5.74, 6) is 0.0503. The summed E-state index contributed by atoms with van der Waals surface area (Å²) in [6, 6.07) is 4.77. The summed E-state index contributed by atoms with van der Waals surface area (Å²) in [6.45, 7) is 0. The van der Waals surface area contributed by atoms with Crippen LogP contribution >= 0.6 is 0 Å². The largest absolute Gasteiger partial charge is 0.416 e. The molecule has 1 aromatic heterocycles. The summed E-state index contributed by atoms with van der Waals surface area (Å²) in [5.41, 5.74) is -1.03. The molecule has 0 aliphatic rings. The van der Waals surface area contributed by atoms with Gasteiger partial charge < -0.3 is 4.52 Å². The Hall–Kier alpha value is -2.05. The molecule has 0 radical (unpaired) electrons. The molecule has 90 valence electrons. The highest BCUT2D eigenvalue weighted by molar-refractivity contribution is 5.27. The van der Waals surface area contributed by atoms with Crippen LogP contribution in [0.4, 0.5) is 13.2 Å². The van der Waals surface area contributed by atoms with Gasteiger partial charge >= 0.3 is 11.9 Å². The summed E-state index contributed by atoms with van der Waals surface area (Å²) >= 11 is 0. The highest BCUT2D eigenvalue weighted by Gasteiger charge is 2.30. The van der Waals surface area contributed by atoms with E-state index in [1.165, 1.54) is 12.1 Å². The standard InChI is InChI=1S/C10H7F3N2O2/c11-10(12,13)7-3-1-2-6(4-7)5-8-14-9(16)15-17-8/h1-4H,5H2,(H,15,16). The minimum Gasteiger partial charge on any atom is -0.362 e. The molecule has 7 heteroatoms. The number of rotatable bonds is 2. The van der Waals surface area contributed by atoms with Gasteiger partial charge in [-0.15, -0.1) is 0 Å². The van der Waals surface area contributed by atoms with E-state index in [9.17, 15) is 18.0 Å². The van der Waals surface area contributed by atoms with Gasteiger partial charge in [0.1, 0.15) is 0 Å². The Morgan fingerprint density at radius 2 is 2.12 bits per heavy atom. The molecule has 17 heavy (non-hydrogen) atoms. The SMILES string of the molecule is O=c1nc(Cc2cccc(C(F)(F)F)c2)o[nH]1. The molecule has 1 heterocycles. The van der Waals surface area contributed by atoms with Crippen LogP contribution in [0.1, 0.15) is 17.0 Å². The van der Waals surface area contributed by atoms with Gasteiger partial charge in [-0.3, -0.25) is 0 Å². The molecule has 0 saturated carbocycles. The molecular formula is C10H7F3N2O2. The first-order chi connectivity index (χ1) is 7.95. The van der Waals surface area contributed by atoms with Gasteiger partial charge in [0.05, 0.1) is 12.0 Å². The van der Waals surface area contributed by atoms with E-state index in [2.05, 4.69) is 9.51 Å². The van der Waals surface area contributed by atoms with Gasteiger partial charge in [-0.1, -0.05) is 18.2 Å². The summed E-state index contributed by atoms with van der Waals surface area (Å²) < 4.78 is 41.9. The van der Waals surface area contributed by atoms with E-state index in [0.29, 0.717) is 5.56 Å². The van der Waals surface area contributed by atoms with Gasteiger partial charge in [-0.2, -0.15) is 23.3 Å². The number of nitrogens with zero attached hydrogens (tertiary/aromatic N) is 1. The molecule has 1 N–H and O–H groups in total. The van der Waals surface area contributed by atoms with E-state index in [4.69, 9.17) is 0 Å². The van der Waals surface area contributed by atoms with Gasteiger partial charge in [0.25, 0.3) is 0 Å². The summed E-state index contributed by atoms with van der Waals surface area (Å²) in [5, 5.41) is 1.97. The van der Waals surface area contributed by atoms with Crippen LogP contribution in [0.3, 0.4) is 0 Å². The molecule has 0 saturated heterocycles. The molecule has 0 unspecified atom stereocenters. The molecule has 0 amide bonds. The Morgan fingerprint density at radius 1 is 1.35 bits per heavy atom. The van der Waals surface area contributed by atoms with E-state index < -0.39 is 17.4 Å². The van der Waals surface area contributed by atoms with Crippen LogP contribution in [0.25, 0.3) is 0 Å². The predicted octanol–water partition coefficient (Wildman–Crippen LogP) is 1.97. The first-order valence-corrected chi connectivity index (χ1v) is 4.66. The molecule has 0 aliphatic heterocycles. The summed E-state index contributed by atoms with van der Waals surface area (Å²) in [7, 11) is 0. The van der Waals surface area contributed by atoms with Crippen molar-refractivity contribution in [2.45, 2.75) is 12.6 Å². The summed E-state index contributed by atoms with van der Waals surface area (Å²) in [6.07, 6.45) is -4.36. The predicted molar refractivity (Wildman–Crippen MR) is 51.4 cm³/mol. The number of nitrogens with one attached hydrogen (secondary N) is 1. The maximum Gasteiger partial charge on any atom is 0.416 e. The van der Waals surface area contributed by atoms with Crippen molar-refractivity contribution in [2.75, 3.05) is 0 Å². The van der Waals surface area contributed by atoms with Crippen LogP contribution in [-0.2, 0) is 12.6 Å². The second-order valence-corrected chi connectivity index (χ2v) is 3.39. The van der Waals surface area contributed by atoms with Crippen LogP contribution in [-0.4, -0.2) is 10.1 Å². The third-order valence-electron chi connectivity index (χ3n) is 2.09. The van der Waals surface area contributed by atoms with E-state index in [1.54, 1.807) is 0 Å². The Labute approximate surface area is 93.1 Å². The molecule has 0 spiro atoms. The topological polar surface area (TPSA) is 58.9 Å². The van der Waals surface area contributed by atoms with Crippen LogP contribution in [0, 0.1) is 0 Å². The fraction of sp³-hybridized carbons (Fsp3) is 0.200. The van der Waals surface area contributed by atoms with Gasteiger partial charge in [0, 0.05) is 0 Å². The third kappa shape index (κ3) is 2.74. The zero-order chi connectivity index (χ0) is 12.5. The number of aromatic amines is 1. The number of benzene rings is 1. The van der Waals surface area contributed by atoms with Crippen molar-refractivity contribution in [3.05, 3.63) is 51.8 Å². The summed E-state index contributed by atoms with van der Waals surface area (Å²) in [4.78, 5) is 14.1. The lowest BCUT2D eigenvalue weighted by Crippen LogP contribution is -2.05. The average Bonchev–Trinajstić information content (AvgIpc) is 2.63. The smallest absolute Gasteiger partial charge is 0.362 e. The van der Waals surface area contributed by atoms with E-state index in [0.717, 1.165) is 12.1 Å². The van der Waals surface area contributed by atoms with Gasteiger partial charge in [0.2, 0.25) is 5.89 Å². The Kier molecular flexibility index (Phi) is 2.74. The fourth-order valence-electron chi connectivity index (χ4n) is 1.37. The van der Waals surface area contributed by atoms with E-state index in [-0.39, 0.29) is 12.3 Å². The first-order valence-electron chi connectivity index (χ1n) is 4.66. The first kappa shape index (κ1) is 11.4. The highest BCUT2D eigenvalue weighted by atomic mass is 19.4. The molecular weight excluding hydrogens is 237 g/mol. The zero-order valence-electron chi connectivity index (χ0n) is 8.41. The van der Waals surface area contributed by atoms with Crippen LogP contribution in [0.15, 0.2) is 33.6 Å². The molecule has 0 fully saturated rings. The molecule has 4 nitrogen and oxygen atoms in total. The van der Waals surface area contributed by atoms with Crippen molar-refractivity contribution in [2.24, 2.45) is 0 Å². The zero-order valence-corrected chi connectivity index (χ0v) is 8.41. The van der Waals surface area contributed by atoms with Gasteiger partial charge in [-0.25, -0.2) is 4.79 Å². The van der Waals surface area contributed by atoms with E-state index in [1.807, 2.05) is 5.16 Å². The van der Waals surface area contributed by atoms with Crippen LogP contribution in [0.5, 0.6) is 0 Å². The Morgan fingerprint density at radius 3 is 2.71 bits per heavy atom. The Bertz CT molecular complexity index is 571. The molecule has 2 aromatic rings. The third-order valence-corrected chi connectivity index (χ3v) is 2.09. The van der Waals surface area contributed by atoms with Crippen molar-refractivity contribution in [1.82, 2.24) is 10.1 Å². The number of halogens is 3. The molecule has 0 atom stereocenters. The Balaban J connectivity index is 2.25. The van der Waals surface area contributed by atoms with Crippen LogP contribution < -0.4 is 5.69 Å². The lowest BCUT2D eigenvalue weighted by atomic mass is 10.1. The molecule has 0 aliphatic carbocycles. The number of hydrogen-bond donors (Lipinski definition) is 1. The molecule has 0 bridgehead atoms. The number of aromatic nitrogens is 2. The normalized spacial score (nSPS) is 11.7. The fourth-order valence-corrected chi connectivity index (χ4v) is 1.37. The van der Waals surface area contributed by atoms with Gasteiger partial charge in [0.15, 0.2) is 0 Å². The van der Waals surface area contributed by atoms with E-state index >= 15 is 0 Å². The minimum atomic E-state index is -4.39. The van der Waals surface area contributed by atoms with Crippen molar-refractivity contribution >= 4 is 0 Å². The highest BCUT2D eigenvalue weighted by Crippen LogP contribution is 2.29. The van der Waals surface area contributed by atoms with Crippen molar-refractivity contribution < 1.29 is 17.7 Å². The minimum absolute atomic E-state index is 0.0304. The number of H-pyrrole nitrogens is 1. The maximum absolute atomic E-state index is 12.4. The number of hydrogen-bond acceptors (Lipinski definition) is 3. The van der Waals surface area contributed by atoms with Gasteiger partial charge in [-0.05, 0) is 11.6 Å². The second-order valence-electron chi connectivity index (χ2n) is 3.39.